The molecule has 0 bridgehead atoms. The summed E-state index contributed by atoms with van der Waals surface area (Å²) in [4.78, 5) is 10.0. The Balaban J connectivity index is 1.46. The van der Waals surface area contributed by atoms with Gasteiger partial charge in [-0.2, -0.15) is 18.3 Å². The van der Waals surface area contributed by atoms with E-state index in [1.165, 1.54) is 18.5 Å². The van der Waals surface area contributed by atoms with E-state index >= 15 is 0 Å². The van der Waals surface area contributed by atoms with Crippen molar-refractivity contribution >= 4 is 0 Å². The van der Waals surface area contributed by atoms with Gasteiger partial charge < -0.3 is 4.74 Å². The van der Waals surface area contributed by atoms with Gasteiger partial charge in [0.15, 0.2) is 0 Å². The van der Waals surface area contributed by atoms with E-state index in [1.807, 2.05) is 7.05 Å². The molecule has 25 heavy (non-hydrogen) atoms. The number of aromatic nitrogens is 4. The molecular formula is C16H20F3N5O. The SMILES string of the molecule is Cn1ncnc1CN1CCC(COc2cccc(C(F)(F)F)n2)CC1. The highest BCUT2D eigenvalue weighted by atomic mass is 19.4. The van der Waals surface area contributed by atoms with E-state index in [2.05, 4.69) is 20.0 Å². The average molecular weight is 355 g/mol. The van der Waals surface area contributed by atoms with Crippen molar-refractivity contribution in [1.82, 2.24) is 24.6 Å². The van der Waals surface area contributed by atoms with Gasteiger partial charge in [0.1, 0.15) is 17.8 Å². The Morgan fingerprint density at radius 1 is 1.24 bits per heavy atom. The fourth-order valence-corrected chi connectivity index (χ4v) is 2.83. The summed E-state index contributed by atoms with van der Waals surface area (Å²) in [5.74, 6) is 1.26. The lowest BCUT2D eigenvalue weighted by atomic mass is 9.98. The fraction of sp³-hybridized carbons (Fsp3) is 0.562. The minimum atomic E-state index is -4.45. The first-order valence-corrected chi connectivity index (χ1v) is 8.14. The number of halogens is 3. The molecule has 0 N–H and O–H groups in total. The first-order chi connectivity index (χ1) is 11.9. The Labute approximate surface area is 143 Å². The summed E-state index contributed by atoms with van der Waals surface area (Å²) < 4.78 is 45.2. The predicted molar refractivity (Wildman–Crippen MR) is 83.7 cm³/mol. The molecule has 2 aromatic heterocycles. The maximum Gasteiger partial charge on any atom is 0.433 e. The highest BCUT2D eigenvalue weighted by Gasteiger charge is 2.32. The molecule has 136 valence electrons. The number of aryl methyl sites for hydroxylation is 1. The summed E-state index contributed by atoms with van der Waals surface area (Å²) in [5, 5.41) is 4.06. The van der Waals surface area contributed by atoms with E-state index in [0.29, 0.717) is 12.5 Å². The molecule has 0 aromatic carbocycles. The maximum absolute atomic E-state index is 12.7. The van der Waals surface area contributed by atoms with Gasteiger partial charge in [-0.05, 0) is 37.9 Å². The summed E-state index contributed by atoms with van der Waals surface area (Å²) in [6.45, 7) is 2.93. The lowest BCUT2D eigenvalue weighted by Crippen LogP contribution is -2.35. The molecule has 2 aromatic rings. The van der Waals surface area contributed by atoms with Crippen LogP contribution in [0.25, 0.3) is 0 Å². The second-order valence-electron chi connectivity index (χ2n) is 6.19. The molecule has 6 nitrogen and oxygen atoms in total. The largest absolute Gasteiger partial charge is 0.477 e. The van der Waals surface area contributed by atoms with Crippen LogP contribution in [0.15, 0.2) is 24.5 Å². The molecule has 1 aliphatic heterocycles. The van der Waals surface area contributed by atoms with Crippen molar-refractivity contribution in [3.8, 4) is 5.88 Å². The van der Waals surface area contributed by atoms with Crippen LogP contribution in [0, 0.1) is 5.92 Å². The fourth-order valence-electron chi connectivity index (χ4n) is 2.83. The number of piperidine rings is 1. The van der Waals surface area contributed by atoms with Crippen LogP contribution < -0.4 is 4.74 Å². The molecule has 9 heteroatoms. The number of hydrogen-bond donors (Lipinski definition) is 0. The van der Waals surface area contributed by atoms with Gasteiger partial charge in [0.2, 0.25) is 5.88 Å². The van der Waals surface area contributed by atoms with E-state index in [-0.39, 0.29) is 5.88 Å². The molecule has 0 radical (unpaired) electrons. The summed E-state index contributed by atoms with van der Waals surface area (Å²) in [5.41, 5.74) is -0.927. The zero-order chi connectivity index (χ0) is 17.9. The Morgan fingerprint density at radius 3 is 2.64 bits per heavy atom. The molecule has 0 spiro atoms. The second-order valence-corrected chi connectivity index (χ2v) is 6.19. The quantitative estimate of drug-likeness (QED) is 0.825. The highest BCUT2D eigenvalue weighted by Crippen LogP contribution is 2.29. The number of nitrogens with zero attached hydrogens (tertiary/aromatic N) is 5. The molecule has 1 saturated heterocycles. The van der Waals surface area contributed by atoms with Gasteiger partial charge in [-0.15, -0.1) is 0 Å². The van der Waals surface area contributed by atoms with Gasteiger partial charge in [0.05, 0.1) is 13.2 Å². The standard InChI is InChI=1S/C16H20F3N5O/c1-23-14(20-11-21-23)9-24-7-5-12(6-8-24)10-25-15-4-2-3-13(22-15)16(17,18)19/h2-4,11-12H,5-10H2,1H3. The Bertz CT molecular complexity index is 695. The van der Waals surface area contributed by atoms with Crippen molar-refractivity contribution in [2.45, 2.75) is 25.6 Å². The van der Waals surface area contributed by atoms with Crippen LogP contribution in [0.5, 0.6) is 5.88 Å². The summed E-state index contributed by atoms with van der Waals surface area (Å²) >= 11 is 0. The van der Waals surface area contributed by atoms with Crippen LogP contribution in [0.2, 0.25) is 0 Å². The molecule has 0 saturated carbocycles. The number of alkyl halides is 3. The van der Waals surface area contributed by atoms with Crippen molar-refractivity contribution in [2.75, 3.05) is 19.7 Å². The zero-order valence-electron chi connectivity index (χ0n) is 13.9. The van der Waals surface area contributed by atoms with E-state index in [4.69, 9.17) is 4.74 Å². The first-order valence-electron chi connectivity index (χ1n) is 8.14. The van der Waals surface area contributed by atoms with E-state index in [1.54, 1.807) is 4.68 Å². The highest BCUT2D eigenvalue weighted by molar-refractivity contribution is 5.17. The van der Waals surface area contributed by atoms with Crippen molar-refractivity contribution in [1.29, 1.82) is 0 Å². The lowest BCUT2D eigenvalue weighted by Gasteiger charge is -2.31. The van der Waals surface area contributed by atoms with Crippen LogP contribution in [0.1, 0.15) is 24.4 Å². The Hall–Kier alpha value is -2.16. The topological polar surface area (TPSA) is 56.1 Å². The summed E-state index contributed by atoms with van der Waals surface area (Å²) in [7, 11) is 1.87. The van der Waals surface area contributed by atoms with Crippen molar-refractivity contribution < 1.29 is 17.9 Å². The predicted octanol–water partition coefficient (Wildman–Crippen LogP) is 2.52. The molecule has 0 unspecified atom stereocenters. The van der Waals surface area contributed by atoms with Crippen molar-refractivity contribution in [2.24, 2.45) is 13.0 Å². The third-order valence-electron chi connectivity index (χ3n) is 4.36. The van der Waals surface area contributed by atoms with Gasteiger partial charge >= 0.3 is 6.18 Å². The van der Waals surface area contributed by atoms with Crippen LogP contribution in [0.3, 0.4) is 0 Å². The number of ether oxygens (including phenoxy) is 1. The Kier molecular flexibility index (Phi) is 5.22. The van der Waals surface area contributed by atoms with Gasteiger partial charge in [-0.1, -0.05) is 6.07 Å². The molecule has 3 heterocycles. The van der Waals surface area contributed by atoms with E-state index in [9.17, 15) is 13.2 Å². The number of likely N-dealkylation sites (tertiary alicyclic amines) is 1. The molecule has 0 atom stereocenters. The van der Waals surface area contributed by atoms with Crippen LogP contribution in [-0.4, -0.2) is 44.3 Å². The summed E-state index contributed by atoms with van der Waals surface area (Å²) in [6.07, 6.45) is -1.06. The lowest BCUT2D eigenvalue weighted by molar-refractivity contribution is -0.141. The van der Waals surface area contributed by atoms with Crippen LogP contribution in [0.4, 0.5) is 13.2 Å². The van der Waals surface area contributed by atoms with Gasteiger partial charge in [0.25, 0.3) is 0 Å². The second kappa shape index (κ2) is 7.38. The Morgan fingerprint density at radius 2 is 2.00 bits per heavy atom. The molecule has 3 rings (SSSR count). The number of hydrogen-bond acceptors (Lipinski definition) is 5. The van der Waals surface area contributed by atoms with Crippen LogP contribution >= 0.6 is 0 Å². The maximum atomic E-state index is 12.7. The van der Waals surface area contributed by atoms with Gasteiger partial charge in [0, 0.05) is 13.1 Å². The molecule has 1 aliphatic rings. The van der Waals surface area contributed by atoms with Gasteiger partial charge in [-0.25, -0.2) is 9.97 Å². The molecule has 0 amide bonds. The van der Waals surface area contributed by atoms with Crippen LogP contribution in [-0.2, 0) is 19.8 Å². The minimum absolute atomic E-state index is 0.0244. The summed E-state index contributed by atoms with van der Waals surface area (Å²) in [6, 6.07) is 3.71. The average Bonchev–Trinajstić information content (AvgIpc) is 2.99. The third kappa shape index (κ3) is 4.68. The van der Waals surface area contributed by atoms with Gasteiger partial charge in [-0.3, -0.25) is 9.58 Å². The number of rotatable bonds is 5. The molecule has 1 fully saturated rings. The minimum Gasteiger partial charge on any atom is -0.477 e. The number of pyridine rings is 1. The van der Waals surface area contributed by atoms with Crippen molar-refractivity contribution in [3.05, 3.63) is 36.0 Å². The van der Waals surface area contributed by atoms with Crippen molar-refractivity contribution in [3.63, 3.8) is 0 Å². The molecular weight excluding hydrogens is 335 g/mol. The van der Waals surface area contributed by atoms with E-state index < -0.39 is 11.9 Å². The third-order valence-corrected chi connectivity index (χ3v) is 4.36. The molecule has 0 aliphatic carbocycles. The normalized spacial score (nSPS) is 17.0. The first kappa shape index (κ1) is 17.7. The van der Waals surface area contributed by atoms with E-state index in [0.717, 1.165) is 44.4 Å². The zero-order valence-corrected chi connectivity index (χ0v) is 13.9. The smallest absolute Gasteiger partial charge is 0.433 e. The monoisotopic (exact) mass is 355 g/mol.